The smallest absolute Gasteiger partial charge is 0.404 e. The lowest BCUT2D eigenvalue weighted by atomic mass is 10.3. The van der Waals surface area contributed by atoms with E-state index in [2.05, 4.69) is 4.98 Å². The number of rotatable bonds is 6. The molecular weight excluding hydrogens is 238 g/mol. The van der Waals surface area contributed by atoms with E-state index in [1.807, 2.05) is 0 Å². The first-order valence-corrected chi connectivity index (χ1v) is 5.36. The Morgan fingerprint density at radius 3 is 2.78 bits per heavy atom. The number of amides is 1. The molecule has 0 saturated heterocycles. The number of nitrogen functional groups attached to an aromatic ring is 1. The highest BCUT2D eigenvalue weighted by Crippen LogP contribution is 2.18. The van der Waals surface area contributed by atoms with Crippen LogP contribution in [0.15, 0.2) is 12.1 Å². The second-order valence-electron chi connectivity index (χ2n) is 3.65. The summed E-state index contributed by atoms with van der Waals surface area (Å²) in [6, 6.07) is 3.46. The number of ether oxygens (including phenoxy) is 3. The first-order valence-electron chi connectivity index (χ1n) is 5.36. The van der Waals surface area contributed by atoms with Gasteiger partial charge in [0.25, 0.3) is 0 Å². The fraction of sp³-hybridized carbons (Fsp3) is 0.455. The van der Waals surface area contributed by atoms with Crippen LogP contribution in [0.25, 0.3) is 0 Å². The molecule has 7 nitrogen and oxygen atoms in total. The number of hydrogen-bond acceptors (Lipinski definition) is 6. The van der Waals surface area contributed by atoms with Crippen LogP contribution in [0.1, 0.15) is 12.6 Å². The van der Waals surface area contributed by atoms with Crippen LogP contribution < -0.4 is 16.2 Å². The maximum absolute atomic E-state index is 10.5. The van der Waals surface area contributed by atoms with Crippen molar-refractivity contribution >= 4 is 11.9 Å². The highest BCUT2D eigenvalue weighted by Gasteiger charge is 2.07. The number of anilines is 1. The summed E-state index contributed by atoms with van der Waals surface area (Å²) < 4.78 is 15.0. The lowest BCUT2D eigenvalue weighted by Crippen LogP contribution is -2.24. The van der Waals surface area contributed by atoms with Crippen LogP contribution in [0, 0.1) is 0 Å². The Bertz CT molecular complexity index is 411. The summed E-state index contributed by atoms with van der Waals surface area (Å²) in [5, 5.41) is 0. The molecule has 100 valence electrons. The molecule has 1 amide bonds. The van der Waals surface area contributed by atoms with Gasteiger partial charge in [0.1, 0.15) is 6.10 Å². The molecule has 1 aromatic rings. The number of hydrogen-bond donors (Lipinski definition) is 2. The van der Waals surface area contributed by atoms with E-state index in [0.717, 1.165) is 0 Å². The van der Waals surface area contributed by atoms with Crippen LogP contribution in [0.5, 0.6) is 5.75 Å². The molecule has 0 fully saturated rings. The van der Waals surface area contributed by atoms with Crippen LogP contribution in [0.3, 0.4) is 0 Å². The molecule has 1 aromatic heterocycles. The number of methoxy groups -OCH3 is 1. The van der Waals surface area contributed by atoms with Gasteiger partial charge < -0.3 is 25.7 Å². The van der Waals surface area contributed by atoms with Crippen molar-refractivity contribution in [1.82, 2.24) is 4.98 Å². The Morgan fingerprint density at radius 2 is 2.22 bits per heavy atom. The Hall–Kier alpha value is -2.02. The molecule has 1 heterocycles. The monoisotopic (exact) mass is 255 g/mol. The predicted octanol–water partition coefficient (Wildman–Crippen LogP) is 0.673. The largest absolute Gasteiger partial charge is 0.493 e. The molecule has 0 spiro atoms. The maximum Gasteiger partial charge on any atom is 0.404 e. The summed E-state index contributed by atoms with van der Waals surface area (Å²) in [5.41, 5.74) is 11.2. The molecular formula is C11H17N3O4. The quantitative estimate of drug-likeness (QED) is 0.773. The van der Waals surface area contributed by atoms with Crippen molar-refractivity contribution in [1.29, 1.82) is 0 Å². The minimum absolute atomic E-state index is 0.233. The van der Waals surface area contributed by atoms with Gasteiger partial charge in [-0.1, -0.05) is 0 Å². The third-order valence-corrected chi connectivity index (χ3v) is 2.08. The van der Waals surface area contributed by atoms with E-state index < -0.39 is 12.2 Å². The lowest BCUT2D eigenvalue weighted by molar-refractivity contribution is 0.0242. The fourth-order valence-corrected chi connectivity index (χ4v) is 1.32. The number of pyridine rings is 1. The van der Waals surface area contributed by atoms with E-state index in [0.29, 0.717) is 17.3 Å². The minimum atomic E-state index is -0.821. The Morgan fingerprint density at radius 1 is 1.50 bits per heavy atom. The molecule has 18 heavy (non-hydrogen) atoms. The summed E-state index contributed by atoms with van der Waals surface area (Å²) >= 11 is 0. The Labute approximate surface area is 105 Å². The van der Waals surface area contributed by atoms with Gasteiger partial charge in [0.15, 0.2) is 11.6 Å². The maximum atomic E-state index is 10.5. The minimum Gasteiger partial charge on any atom is -0.493 e. The second kappa shape index (κ2) is 6.65. The molecule has 0 aliphatic heterocycles. The zero-order valence-electron chi connectivity index (χ0n) is 10.4. The normalized spacial score (nSPS) is 11.9. The summed E-state index contributed by atoms with van der Waals surface area (Å²) in [6.45, 7) is 2.18. The van der Waals surface area contributed by atoms with Crippen molar-refractivity contribution in [2.24, 2.45) is 5.73 Å². The predicted molar refractivity (Wildman–Crippen MR) is 65.0 cm³/mol. The van der Waals surface area contributed by atoms with E-state index in [1.54, 1.807) is 19.1 Å². The summed E-state index contributed by atoms with van der Waals surface area (Å²) in [6.07, 6.45) is -1.23. The lowest BCUT2D eigenvalue weighted by Gasteiger charge is -2.12. The number of nitrogens with two attached hydrogens (primary N) is 2. The SMILES string of the molecule is COc1ccc(COCC(C)OC(N)=O)nc1N. The van der Waals surface area contributed by atoms with Gasteiger partial charge in [-0.2, -0.15) is 0 Å². The van der Waals surface area contributed by atoms with E-state index in [4.69, 9.17) is 25.7 Å². The number of primary amides is 1. The van der Waals surface area contributed by atoms with Crippen LogP contribution in [0.2, 0.25) is 0 Å². The molecule has 0 radical (unpaired) electrons. The zero-order chi connectivity index (χ0) is 13.5. The van der Waals surface area contributed by atoms with Gasteiger partial charge in [-0.25, -0.2) is 9.78 Å². The van der Waals surface area contributed by atoms with Gasteiger partial charge in [0.05, 0.1) is 26.0 Å². The van der Waals surface area contributed by atoms with Crippen LogP contribution in [-0.4, -0.2) is 30.9 Å². The molecule has 0 aliphatic rings. The molecule has 1 unspecified atom stereocenters. The van der Waals surface area contributed by atoms with Crippen molar-refractivity contribution in [2.45, 2.75) is 19.6 Å². The zero-order valence-corrected chi connectivity index (χ0v) is 10.4. The fourth-order valence-electron chi connectivity index (χ4n) is 1.32. The molecule has 4 N–H and O–H groups in total. The van der Waals surface area contributed by atoms with E-state index in [-0.39, 0.29) is 13.2 Å². The van der Waals surface area contributed by atoms with Gasteiger partial charge in [0, 0.05) is 0 Å². The first kappa shape index (κ1) is 14.0. The summed E-state index contributed by atoms with van der Waals surface area (Å²) in [4.78, 5) is 14.6. The van der Waals surface area contributed by atoms with Gasteiger partial charge in [0.2, 0.25) is 0 Å². The molecule has 7 heteroatoms. The third kappa shape index (κ3) is 4.46. The topological polar surface area (TPSA) is 110 Å². The second-order valence-corrected chi connectivity index (χ2v) is 3.65. The number of carbonyl (C=O) groups excluding carboxylic acids is 1. The van der Waals surface area contributed by atoms with E-state index in [1.165, 1.54) is 7.11 Å². The highest BCUT2D eigenvalue weighted by atomic mass is 16.6. The Balaban J connectivity index is 2.40. The Kier molecular flexibility index (Phi) is 5.19. The molecule has 0 aromatic carbocycles. The number of nitrogens with zero attached hydrogens (tertiary/aromatic N) is 1. The molecule has 1 atom stereocenters. The molecule has 0 saturated carbocycles. The molecule has 1 rings (SSSR count). The van der Waals surface area contributed by atoms with Crippen LogP contribution >= 0.6 is 0 Å². The summed E-state index contributed by atoms with van der Waals surface area (Å²) in [5.74, 6) is 0.823. The van der Waals surface area contributed by atoms with Crippen LogP contribution in [0.4, 0.5) is 10.6 Å². The van der Waals surface area contributed by atoms with E-state index >= 15 is 0 Å². The van der Waals surface area contributed by atoms with Crippen molar-refractivity contribution < 1.29 is 19.0 Å². The third-order valence-electron chi connectivity index (χ3n) is 2.08. The van der Waals surface area contributed by atoms with E-state index in [9.17, 15) is 4.79 Å². The van der Waals surface area contributed by atoms with Crippen LogP contribution in [-0.2, 0) is 16.1 Å². The molecule has 0 bridgehead atoms. The van der Waals surface area contributed by atoms with Gasteiger partial charge in [-0.15, -0.1) is 0 Å². The van der Waals surface area contributed by atoms with Crippen molar-refractivity contribution in [3.63, 3.8) is 0 Å². The van der Waals surface area contributed by atoms with Gasteiger partial charge in [-0.3, -0.25) is 0 Å². The number of carbonyl (C=O) groups is 1. The van der Waals surface area contributed by atoms with Crippen molar-refractivity contribution in [3.8, 4) is 5.75 Å². The van der Waals surface area contributed by atoms with Crippen molar-refractivity contribution in [3.05, 3.63) is 17.8 Å². The van der Waals surface area contributed by atoms with Gasteiger partial charge >= 0.3 is 6.09 Å². The summed E-state index contributed by atoms with van der Waals surface area (Å²) in [7, 11) is 1.52. The standard InChI is InChI=1S/C11H17N3O4/c1-7(18-11(13)15)5-17-6-8-3-4-9(16-2)10(12)14-8/h3-4,7H,5-6H2,1-2H3,(H2,12,14)(H2,13,15). The average Bonchev–Trinajstić information content (AvgIpc) is 2.28. The molecule has 0 aliphatic carbocycles. The highest BCUT2D eigenvalue weighted by molar-refractivity contribution is 5.64. The number of aromatic nitrogens is 1. The van der Waals surface area contributed by atoms with Crippen molar-refractivity contribution in [2.75, 3.05) is 19.5 Å². The van der Waals surface area contributed by atoms with Gasteiger partial charge in [-0.05, 0) is 19.1 Å². The average molecular weight is 255 g/mol. The first-order chi connectivity index (χ1) is 8.52.